The number of imidazole rings is 1. The van der Waals surface area contributed by atoms with Gasteiger partial charge in [-0.25, -0.2) is 9.97 Å². The smallest absolute Gasteiger partial charge is 0.269 e. The van der Waals surface area contributed by atoms with Gasteiger partial charge in [-0.05, 0) is 20.3 Å². The van der Waals surface area contributed by atoms with Crippen molar-refractivity contribution in [3.8, 4) is 0 Å². The topological polar surface area (TPSA) is 70.7 Å². The van der Waals surface area contributed by atoms with Crippen molar-refractivity contribution in [3.05, 3.63) is 33.8 Å². The van der Waals surface area contributed by atoms with Crippen LogP contribution in [0.15, 0.2) is 11.6 Å². The van der Waals surface area contributed by atoms with E-state index in [1.54, 1.807) is 17.5 Å². The van der Waals surface area contributed by atoms with Crippen LogP contribution in [0, 0.1) is 13.8 Å². The van der Waals surface area contributed by atoms with E-state index in [2.05, 4.69) is 20.3 Å². The van der Waals surface area contributed by atoms with Gasteiger partial charge < -0.3 is 10.3 Å². The summed E-state index contributed by atoms with van der Waals surface area (Å²) in [4.78, 5) is 23.0. The fourth-order valence-corrected chi connectivity index (χ4v) is 2.41. The molecule has 2 heterocycles. The van der Waals surface area contributed by atoms with Crippen molar-refractivity contribution in [1.82, 2.24) is 20.3 Å². The van der Waals surface area contributed by atoms with Crippen molar-refractivity contribution in [3.63, 3.8) is 0 Å². The first kappa shape index (κ1) is 12.8. The molecule has 1 amide bonds. The first-order valence-electron chi connectivity index (χ1n) is 5.86. The highest BCUT2D eigenvalue weighted by Crippen LogP contribution is 2.10. The highest BCUT2D eigenvalue weighted by molar-refractivity contribution is 7.09. The van der Waals surface area contributed by atoms with Gasteiger partial charge in [-0.15, -0.1) is 11.3 Å². The molecule has 0 unspecified atom stereocenters. The standard InChI is InChI=1S/C12H16N4OS/c1-8-7-18-11(15-8)4-3-5-13-12(17)10-6-14-9(2)16-10/h6-7H,3-5H2,1-2H3,(H,13,17)(H,14,16). The van der Waals surface area contributed by atoms with Gasteiger partial charge in [0.2, 0.25) is 0 Å². The van der Waals surface area contributed by atoms with Gasteiger partial charge in [-0.2, -0.15) is 0 Å². The summed E-state index contributed by atoms with van der Waals surface area (Å²) >= 11 is 1.67. The van der Waals surface area contributed by atoms with Gasteiger partial charge in [0, 0.05) is 24.0 Å². The minimum Gasteiger partial charge on any atom is -0.351 e. The van der Waals surface area contributed by atoms with E-state index < -0.39 is 0 Å². The third-order valence-electron chi connectivity index (χ3n) is 2.47. The molecule has 18 heavy (non-hydrogen) atoms. The van der Waals surface area contributed by atoms with E-state index in [0.29, 0.717) is 12.2 Å². The fourth-order valence-electron chi connectivity index (χ4n) is 1.59. The van der Waals surface area contributed by atoms with Crippen LogP contribution in [0.4, 0.5) is 0 Å². The fraction of sp³-hybridized carbons (Fsp3) is 0.417. The number of carbonyl (C=O) groups excluding carboxylic acids is 1. The molecule has 0 spiro atoms. The number of aryl methyl sites for hydroxylation is 3. The van der Waals surface area contributed by atoms with Gasteiger partial charge in [0.05, 0.1) is 11.2 Å². The molecule has 0 aromatic carbocycles. The summed E-state index contributed by atoms with van der Waals surface area (Å²) in [5.41, 5.74) is 1.57. The molecule has 5 nitrogen and oxygen atoms in total. The van der Waals surface area contributed by atoms with Crippen molar-refractivity contribution in [2.45, 2.75) is 26.7 Å². The third-order valence-corrected chi connectivity index (χ3v) is 3.49. The third kappa shape index (κ3) is 3.40. The Balaban J connectivity index is 1.71. The van der Waals surface area contributed by atoms with Crippen LogP contribution in [-0.4, -0.2) is 27.4 Å². The van der Waals surface area contributed by atoms with Crippen LogP contribution in [0.1, 0.15) is 33.4 Å². The first-order valence-corrected chi connectivity index (χ1v) is 6.74. The highest BCUT2D eigenvalue weighted by atomic mass is 32.1. The van der Waals surface area contributed by atoms with E-state index in [-0.39, 0.29) is 5.91 Å². The van der Waals surface area contributed by atoms with E-state index in [9.17, 15) is 4.79 Å². The Morgan fingerprint density at radius 3 is 2.94 bits per heavy atom. The van der Waals surface area contributed by atoms with Crippen LogP contribution in [-0.2, 0) is 6.42 Å². The number of carbonyl (C=O) groups is 1. The maximum Gasteiger partial charge on any atom is 0.269 e. The Morgan fingerprint density at radius 1 is 1.50 bits per heavy atom. The number of aromatic nitrogens is 3. The predicted octanol–water partition coefficient (Wildman–Crippen LogP) is 1.85. The Labute approximate surface area is 110 Å². The molecule has 0 fully saturated rings. The minimum atomic E-state index is -0.106. The van der Waals surface area contributed by atoms with Crippen molar-refractivity contribution in [2.24, 2.45) is 0 Å². The van der Waals surface area contributed by atoms with Crippen LogP contribution in [0.5, 0.6) is 0 Å². The molecule has 6 heteroatoms. The van der Waals surface area contributed by atoms with Crippen LogP contribution in [0.25, 0.3) is 0 Å². The zero-order valence-corrected chi connectivity index (χ0v) is 11.3. The number of amides is 1. The molecule has 0 saturated carbocycles. The number of thiazole rings is 1. The zero-order chi connectivity index (χ0) is 13.0. The maximum absolute atomic E-state index is 11.7. The first-order chi connectivity index (χ1) is 8.65. The second-order valence-electron chi connectivity index (χ2n) is 4.12. The SMILES string of the molecule is Cc1csc(CCCNC(=O)c2cnc(C)[nH]2)n1. The number of aromatic amines is 1. The number of nitrogens with one attached hydrogen (secondary N) is 2. The van der Waals surface area contributed by atoms with Crippen LogP contribution in [0.3, 0.4) is 0 Å². The summed E-state index contributed by atoms with van der Waals surface area (Å²) in [5.74, 6) is 0.643. The van der Waals surface area contributed by atoms with Gasteiger partial charge in [0.1, 0.15) is 11.5 Å². The molecule has 2 N–H and O–H groups in total. The Hall–Kier alpha value is -1.69. The molecule has 0 saturated heterocycles. The second-order valence-corrected chi connectivity index (χ2v) is 5.07. The lowest BCUT2D eigenvalue weighted by Crippen LogP contribution is -2.25. The van der Waals surface area contributed by atoms with Gasteiger partial charge >= 0.3 is 0 Å². The average molecular weight is 264 g/mol. The monoisotopic (exact) mass is 264 g/mol. The zero-order valence-electron chi connectivity index (χ0n) is 10.5. The number of nitrogens with zero attached hydrogens (tertiary/aromatic N) is 2. The minimum absolute atomic E-state index is 0.106. The van der Waals surface area contributed by atoms with Crippen molar-refractivity contribution in [1.29, 1.82) is 0 Å². The van der Waals surface area contributed by atoms with Crippen LogP contribution >= 0.6 is 11.3 Å². The lowest BCUT2D eigenvalue weighted by Gasteiger charge is -2.02. The van der Waals surface area contributed by atoms with Crippen LogP contribution in [0.2, 0.25) is 0 Å². The molecule has 2 rings (SSSR count). The Bertz CT molecular complexity index is 532. The normalized spacial score (nSPS) is 10.6. The quantitative estimate of drug-likeness (QED) is 0.810. The van der Waals surface area contributed by atoms with Gasteiger partial charge in [0.15, 0.2) is 0 Å². The van der Waals surface area contributed by atoms with Gasteiger partial charge in [-0.1, -0.05) is 0 Å². The van der Waals surface area contributed by atoms with E-state index in [4.69, 9.17) is 0 Å². The highest BCUT2D eigenvalue weighted by Gasteiger charge is 2.07. The lowest BCUT2D eigenvalue weighted by atomic mass is 10.3. The molecule has 0 atom stereocenters. The van der Waals surface area contributed by atoms with Crippen LogP contribution < -0.4 is 5.32 Å². The number of H-pyrrole nitrogens is 1. The van der Waals surface area contributed by atoms with Gasteiger partial charge in [0.25, 0.3) is 5.91 Å². The lowest BCUT2D eigenvalue weighted by molar-refractivity contribution is 0.0948. The summed E-state index contributed by atoms with van der Waals surface area (Å²) in [6.45, 7) is 4.46. The predicted molar refractivity (Wildman–Crippen MR) is 70.8 cm³/mol. The molecule has 2 aromatic rings. The summed E-state index contributed by atoms with van der Waals surface area (Å²) in [6, 6.07) is 0. The number of hydrogen-bond donors (Lipinski definition) is 2. The summed E-state index contributed by atoms with van der Waals surface area (Å²) in [7, 11) is 0. The van der Waals surface area contributed by atoms with E-state index in [1.165, 1.54) is 0 Å². The molecule has 2 aromatic heterocycles. The number of rotatable bonds is 5. The second kappa shape index (κ2) is 5.77. The van der Waals surface area contributed by atoms with Crippen molar-refractivity contribution in [2.75, 3.05) is 6.54 Å². The number of hydrogen-bond acceptors (Lipinski definition) is 4. The largest absolute Gasteiger partial charge is 0.351 e. The molecule has 0 aliphatic rings. The Kier molecular flexibility index (Phi) is 4.09. The molecule has 0 radical (unpaired) electrons. The average Bonchev–Trinajstić information content (AvgIpc) is 2.93. The molecule has 0 bridgehead atoms. The summed E-state index contributed by atoms with van der Waals surface area (Å²) in [5, 5.41) is 6.02. The van der Waals surface area contributed by atoms with Crippen molar-refractivity contribution >= 4 is 17.2 Å². The van der Waals surface area contributed by atoms with E-state index in [1.807, 2.05) is 19.2 Å². The molecule has 0 aliphatic carbocycles. The van der Waals surface area contributed by atoms with E-state index >= 15 is 0 Å². The van der Waals surface area contributed by atoms with Crippen molar-refractivity contribution < 1.29 is 4.79 Å². The Morgan fingerprint density at radius 2 is 2.33 bits per heavy atom. The summed E-state index contributed by atoms with van der Waals surface area (Å²) < 4.78 is 0. The van der Waals surface area contributed by atoms with Gasteiger partial charge in [-0.3, -0.25) is 4.79 Å². The molecular weight excluding hydrogens is 248 g/mol. The molecule has 0 aliphatic heterocycles. The molecule has 96 valence electrons. The maximum atomic E-state index is 11.7. The van der Waals surface area contributed by atoms with E-state index in [0.717, 1.165) is 29.4 Å². The molecular formula is C12H16N4OS. The summed E-state index contributed by atoms with van der Waals surface area (Å²) in [6.07, 6.45) is 3.35.